The molecule has 2 aliphatic heterocycles. The Morgan fingerprint density at radius 1 is 1.05 bits per heavy atom. The highest BCUT2D eigenvalue weighted by molar-refractivity contribution is 6.34. The number of carbonyl (C=O) groups excluding carboxylic acids is 2. The lowest BCUT2D eigenvalue weighted by molar-refractivity contribution is 0.0455. The van der Waals surface area contributed by atoms with Crippen LogP contribution in [0.2, 0.25) is 5.02 Å². The molecule has 0 saturated carbocycles. The van der Waals surface area contributed by atoms with Crippen molar-refractivity contribution < 1.29 is 19.1 Å². The molecular weight excluding hydrogens is 538 g/mol. The van der Waals surface area contributed by atoms with Gasteiger partial charge in [-0.1, -0.05) is 54.1 Å². The smallest absolute Gasteiger partial charge is 0.256 e. The summed E-state index contributed by atoms with van der Waals surface area (Å²) in [6, 6.07) is 20.0. The van der Waals surface area contributed by atoms with Crippen molar-refractivity contribution in [3.05, 3.63) is 119 Å². The SMILES string of the molecule is COc1cccc(-c2ccccc2C(=O)Nc2ccc(C(=O)C3CC=CC4=CNC=C5COCCN5C43)c(Cl)c2)c1. The van der Waals surface area contributed by atoms with E-state index in [0.717, 1.165) is 22.4 Å². The maximum atomic E-state index is 13.9. The molecule has 0 radical (unpaired) electrons. The molecule has 1 saturated heterocycles. The average molecular weight is 568 g/mol. The second-order valence-corrected chi connectivity index (χ2v) is 10.6. The fourth-order valence-corrected chi connectivity index (χ4v) is 6.02. The van der Waals surface area contributed by atoms with Crippen molar-refractivity contribution >= 4 is 29.0 Å². The van der Waals surface area contributed by atoms with E-state index < -0.39 is 0 Å². The molecule has 0 aromatic heterocycles. The van der Waals surface area contributed by atoms with Crippen LogP contribution in [0.5, 0.6) is 5.75 Å². The lowest BCUT2D eigenvalue weighted by atomic mass is 9.79. The number of allylic oxidation sites excluding steroid dienone is 1. The zero-order chi connectivity index (χ0) is 28.3. The minimum absolute atomic E-state index is 0.0239. The number of hydrogen-bond acceptors (Lipinski definition) is 6. The molecule has 0 spiro atoms. The van der Waals surface area contributed by atoms with E-state index in [4.69, 9.17) is 21.1 Å². The minimum atomic E-state index is -0.305. The Labute approximate surface area is 244 Å². The van der Waals surface area contributed by atoms with Gasteiger partial charge in [0.05, 0.1) is 43.0 Å². The number of amides is 1. The Morgan fingerprint density at radius 2 is 1.93 bits per heavy atom. The van der Waals surface area contributed by atoms with E-state index in [2.05, 4.69) is 21.6 Å². The van der Waals surface area contributed by atoms with Crippen LogP contribution in [0.15, 0.2) is 103 Å². The second kappa shape index (κ2) is 11.6. The van der Waals surface area contributed by atoms with Gasteiger partial charge in [-0.3, -0.25) is 9.59 Å². The zero-order valence-corrected chi connectivity index (χ0v) is 23.4. The van der Waals surface area contributed by atoms with E-state index in [1.807, 2.05) is 60.9 Å². The largest absolute Gasteiger partial charge is 0.497 e. The third kappa shape index (κ3) is 5.38. The molecule has 1 amide bonds. The van der Waals surface area contributed by atoms with Crippen LogP contribution in [-0.4, -0.2) is 49.5 Å². The summed E-state index contributed by atoms with van der Waals surface area (Å²) in [5.74, 6) is 0.106. The maximum absolute atomic E-state index is 13.9. The molecule has 1 fully saturated rings. The van der Waals surface area contributed by atoms with E-state index in [1.54, 1.807) is 31.4 Å². The van der Waals surface area contributed by atoms with Gasteiger partial charge in [0.25, 0.3) is 5.91 Å². The van der Waals surface area contributed by atoms with Gasteiger partial charge in [0, 0.05) is 35.8 Å². The number of fused-ring (bicyclic) bond motifs is 3. The summed E-state index contributed by atoms with van der Waals surface area (Å²) in [4.78, 5) is 29.6. The molecule has 3 aromatic carbocycles. The van der Waals surface area contributed by atoms with Crippen molar-refractivity contribution in [2.45, 2.75) is 12.5 Å². The Hall–Kier alpha value is -4.33. The number of halogens is 1. The van der Waals surface area contributed by atoms with Gasteiger partial charge >= 0.3 is 0 Å². The number of benzene rings is 3. The zero-order valence-electron chi connectivity index (χ0n) is 22.6. The Balaban J connectivity index is 1.23. The average Bonchev–Trinajstić information content (AvgIpc) is 3.20. The van der Waals surface area contributed by atoms with Crippen molar-refractivity contribution in [2.75, 3.05) is 32.2 Å². The number of rotatable bonds is 6. The van der Waals surface area contributed by atoms with Crippen molar-refractivity contribution in [3.8, 4) is 16.9 Å². The normalized spacial score (nSPS) is 19.5. The van der Waals surface area contributed by atoms with Crippen molar-refractivity contribution in [3.63, 3.8) is 0 Å². The van der Waals surface area contributed by atoms with E-state index in [9.17, 15) is 9.59 Å². The highest BCUT2D eigenvalue weighted by Gasteiger charge is 2.39. The fourth-order valence-electron chi connectivity index (χ4n) is 5.75. The summed E-state index contributed by atoms with van der Waals surface area (Å²) in [6.07, 6.45) is 8.63. The Morgan fingerprint density at radius 3 is 2.78 bits per heavy atom. The third-order valence-corrected chi connectivity index (χ3v) is 8.05. The molecule has 2 N–H and O–H groups in total. The molecule has 3 aliphatic rings. The second-order valence-electron chi connectivity index (χ2n) is 10.2. The summed E-state index contributed by atoms with van der Waals surface area (Å²) in [6.45, 7) is 1.83. The highest BCUT2D eigenvalue weighted by atomic mass is 35.5. The Kier molecular flexibility index (Phi) is 7.63. The van der Waals surface area contributed by atoms with Crippen molar-refractivity contribution in [2.24, 2.45) is 5.92 Å². The van der Waals surface area contributed by atoms with Crippen molar-refractivity contribution in [1.82, 2.24) is 10.2 Å². The van der Waals surface area contributed by atoms with Crippen molar-refractivity contribution in [1.29, 1.82) is 0 Å². The summed E-state index contributed by atoms with van der Waals surface area (Å²) in [5, 5.41) is 6.49. The number of anilines is 1. The summed E-state index contributed by atoms with van der Waals surface area (Å²) < 4.78 is 11.0. The predicted octanol–water partition coefficient (Wildman–Crippen LogP) is 6.06. The van der Waals surface area contributed by atoms with Gasteiger partial charge in [0.15, 0.2) is 5.78 Å². The van der Waals surface area contributed by atoms with Crippen LogP contribution in [0.1, 0.15) is 27.1 Å². The van der Waals surface area contributed by atoms with Gasteiger partial charge in [-0.15, -0.1) is 0 Å². The van der Waals surface area contributed by atoms with E-state index >= 15 is 0 Å². The highest BCUT2D eigenvalue weighted by Crippen LogP contribution is 2.36. The molecule has 41 heavy (non-hydrogen) atoms. The van der Waals surface area contributed by atoms with Crippen LogP contribution in [0.25, 0.3) is 11.1 Å². The van der Waals surface area contributed by atoms with Gasteiger partial charge in [-0.25, -0.2) is 0 Å². The van der Waals surface area contributed by atoms with Gasteiger partial charge in [0.2, 0.25) is 0 Å². The number of ketones is 1. The van der Waals surface area contributed by atoms with Crippen LogP contribution in [0, 0.1) is 5.92 Å². The first-order chi connectivity index (χ1) is 20.0. The lowest BCUT2D eigenvalue weighted by Gasteiger charge is -2.42. The first-order valence-electron chi connectivity index (χ1n) is 13.6. The third-order valence-electron chi connectivity index (χ3n) is 7.74. The monoisotopic (exact) mass is 567 g/mol. The van der Waals surface area contributed by atoms with E-state index in [0.29, 0.717) is 53.8 Å². The van der Waals surface area contributed by atoms with E-state index in [1.165, 1.54) is 0 Å². The van der Waals surface area contributed by atoms with Gasteiger partial charge in [-0.05, 0) is 59.5 Å². The molecule has 1 aliphatic carbocycles. The number of Topliss-reactive ketones (excluding diaryl/α,β-unsaturated/α-hetero) is 1. The first-order valence-corrected chi connectivity index (χ1v) is 14.0. The quantitative estimate of drug-likeness (QED) is 0.353. The van der Waals surface area contributed by atoms with Crippen LogP contribution >= 0.6 is 11.6 Å². The predicted molar refractivity (Wildman–Crippen MR) is 160 cm³/mol. The molecule has 208 valence electrons. The fraction of sp³-hybridized carbons (Fsp3) is 0.212. The van der Waals surface area contributed by atoms with Gasteiger partial charge < -0.3 is 25.0 Å². The molecule has 2 atom stereocenters. The van der Waals surface area contributed by atoms with Gasteiger partial charge in [0.1, 0.15) is 5.75 Å². The molecule has 2 unspecified atom stereocenters. The molecule has 0 bridgehead atoms. The van der Waals surface area contributed by atoms with Crippen LogP contribution in [-0.2, 0) is 4.74 Å². The van der Waals surface area contributed by atoms with Gasteiger partial charge in [-0.2, -0.15) is 0 Å². The number of methoxy groups -OCH3 is 1. The number of nitrogens with one attached hydrogen (secondary N) is 2. The minimum Gasteiger partial charge on any atom is -0.497 e. The molecule has 2 heterocycles. The summed E-state index contributed by atoms with van der Waals surface area (Å²) in [7, 11) is 1.61. The molecule has 3 aromatic rings. The molecule has 6 rings (SSSR count). The maximum Gasteiger partial charge on any atom is 0.256 e. The number of ether oxygens (including phenoxy) is 2. The number of hydrogen-bond donors (Lipinski definition) is 2. The lowest BCUT2D eigenvalue weighted by Crippen LogP contribution is -2.48. The number of nitrogens with zero attached hydrogens (tertiary/aromatic N) is 1. The standard InChI is InChI=1S/C33H30ClN3O4/c1-40-25-8-4-6-21(16-25)26-9-2-3-10-27(26)33(39)36-23-12-13-28(30(34)17-23)32(38)29-11-5-7-22-18-35-19-24-20-41-15-14-37(24)31(22)29/h2-10,12-13,16-19,29,31,35H,11,14-15,20H2,1H3,(H,36,39). The van der Waals surface area contributed by atoms with Crippen LogP contribution in [0.4, 0.5) is 5.69 Å². The summed E-state index contributed by atoms with van der Waals surface area (Å²) >= 11 is 6.70. The first kappa shape index (κ1) is 26.9. The molecule has 7 nitrogen and oxygen atoms in total. The van der Waals surface area contributed by atoms with Crippen LogP contribution in [0.3, 0.4) is 0 Å². The number of morpholine rings is 1. The summed E-state index contributed by atoms with van der Waals surface area (Å²) in [5.41, 5.74) is 5.20. The number of carbonyl (C=O) groups is 2. The topological polar surface area (TPSA) is 79.9 Å². The van der Waals surface area contributed by atoms with E-state index in [-0.39, 0.29) is 23.7 Å². The van der Waals surface area contributed by atoms with Crippen LogP contribution < -0.4 is 15.4 Å². The molecule has 8 heteroatoms. The Bertz CT molecular complexity index is 1590. The molecular formula is C33H30ClN3O4.